The van der Waals surface area contributed by atoms with Crippen LogP contribution in [0, 0.1) is 5.82 Å². The van der Waals surface area contributed by atoms with Gasteiger partial charge in [0.1, 0.15) is 5.82 Å². The van der Waals surface area contributed by atoms with Crippen LogP contribution in [0.25, 0.3) is 12.2 Å². The van der Waals surface area contributed by atoms with E-state index in [0.717, 1.165) is 20.1 Å². The molecule has 86 valence electrons. The summed E-state index contributed by atoms with van der Waals surface area (Å²) in [5.41, 5.74) is 2.04. The fourth-order valence-electron chi connectivity index (χ4n) is 1.40. The lowest BCUT2D eigenvalue weighted by atomic mass is 10.1. The van der Waals surface area contributed by atoms with Crippen LogP contribution in [0.15, 0.2) is 51.4 Å². The normalized spacial score (nSPS) is 11.0. The molecular weight excluding hydrogens is 347 g/mol. The van der Waals surface area contributed by atoms with Gasteiger partial charge in [-0.25, -0.2) is 4.39 Å². The van der Waals surface area contributed by atoms with Gasteiger partial charge in [0, 0.05) is 8.95 Å². The van der Waals surface area contributed by atoms with Crippen molar-refractivity contribution in [3.05, 3.63) is 68.4 Å². The Bertz CT molecular complexity index is 545. The first-order valence-electron chi connectivity index (χ1n) is 5.04. The van der Waals surface area contributed by atoms with Crippen molar-refractivity contribution >= 4 is 44.0 Å². The summed E-state index contributed by atoms with van der Waals surface area (Å²) in [7, 11) is 0. The van der Waals surface area contributed by atoms with Gasteiger partial charge < -0.3 is 0 Å². The molecule has 0 heterocycles. The third kappa shape index (κ3) is 3.51. The van der Waals surface area contributed by atoms with Crippen LogP contribution in [0.3, 0.4) is 0 Å². The van der Waals surface area contributed by atoms with Gasteiger partial charge >= 0.3 is 0 Å². The summed E-state index contributed by atoms with van der Waals surface area (Å²) in [5, 5.41) is 0. The first-order chi connectivity index (χ1) is 8.15. The Morgan fingerprint density at radius 1 is 0.882 bits per heavy atom. The minimum absolute atomic E-state index is 0.217. The lowest BCUT2D eigenvalue weighted by Crippen LogP contribution is -1.77. The quantitative estimate of drug-likeness (QED) is 0.622. The van der Waals surface area contributed by atoms with Gasteiger partial charge in [0.05, 0.1) is 0 Å². The molecule has 0 amide bonds. The second-order valence-electron chi connectivity index (χ2n) is 3.55. The lowest BCUT2D eigenvalue weighted by molar-refractivity contribution is 0.628. The second-order valence-corrected chi connectivity index (χ2v) is 5.32. The molecule has 0 atom stereocenters. The predicted octanol–water partition coefficient (Wildman–Crippen LogP) is 5.52. The van der Waals surface area contributed by atoms with E-state index in [-0.39, 0.29) is 5.82 Å². The highest BCUT2D eigenvalue weighted by atomic mass is 79.9. The van der Waals surface area contributed by atoms with Crippen molar-refractivity contribution in [2.45, 2.75) is 0 Å². The van der Waals surface area contributed by atoms with Crippen molar-refractivity contribution in [2.75, 3.05) is 0 Å². The van der Waals surface area contributed by atoms with Crippen LogP contribution >= 0.6 is 31.9 Å². The first-order valence-corrected chi connectivity index (χ1v) is 6.62. The van der Waals surface area contributed by atoms with Gasteiger partial charge in [-0.1, -0.05) is 56.1 Å². The number of halogens is 3. The largest absolute Gasteiger partial charge is 0.207 e. The van der Waals surface area contributed by atoms with Crippen molar-refractivity contribution in [1.29, 1.82) is 0 Å². The van der Waals surface area contributed by atoms with E-state index in [1.807, 2.05) is 30.4 Å². The Hall–Kier alpha value is -0.930. The van der Waals surface area contributed by atoms with Crippen molar-refractivity contribution in [1.82, 2.24) is 0 Å². The van der Waals surface area contributed by atoms with E-state index >= 15 is 0 Å². The highest BCUT2D eigenvalue weighted by Gasteiger charge is 1.96. The van der Waals surface area contributed by atoms with Gasteiger partial charge in [0.2, 0.25) is 0 Å². The number of hydrogen-bond acceptors (Lipinski definition) is 0. The van der Waals surface area contributed by atoms with Gasteiger partial charge in [-0.2, -0.15) is 0 Å². The van der Waals surface area contributed by atoms with E-state index in [1.54, 1.807) is 12.1 Å². The smallest absolute Gasteiger partial charge is 0.123 e. The molecule has 0 aliphatic rings. The molecule has 0 saturated heterocycles. The first kappa shape index (κ1) is 12.5. The summed E-state index contributed by atoms with van der Waals surface area (Å²) in [5.74, 6) is -0.217. The standard InChI is InChI=1S/C14H9Br2F/c15-12-5-8-14(16)11(9-12)4-1-10-2-6-13(17)7-3-10/h1-9H/b4-1+. The molecule has 0 N–H and O–H groups in total. The van der Waals surface area contributed by atoms with Gasteiger partial charge in [0.25, 0.3) is 0 Å². The van der Waals surface area contributed by atoms with E-state index < -0.39 is 0 Å². The van der Waals surface area contributed by atoms with Crippen molar-refractivity contribution in [3.8, 4) is 0 Å². The van der Waals surface area contributed by atoms with Crippen LogP contribution in [0.4, 0.5) is 4.39 Å². The summed E-state index contributed by atoms with van der Waals surface area (Å²) in [6.45, 7) is 0. The highest BCUT2D eigenvalue weighted by Crippen LogP contribution is 2.23. The zero-order valence-corrected chi connectivity index (χ0v) is 12.0. The van der Waals surface area contributed by atoms with Crippen LogP contribution in [0.1, 0.15) is 11.1 Å². The van der Waals surface area contributed by atoms with E-state index in [2.05, 4.69) is 31.9 Å². The fourth-order valence-corrected chi connectivity index (χ4v) is 2.16. The average molecular weight is 356 g/mol. The predicted molar refractivity (Wildman–Crippen MR) is 77.2 cm³/mol. The molecule has 0 aromatic heterocycles. The minimum Gasteiger partial charge on any atom is -0.207 e. The molecule has 0 aliphatic carbocycles. The van der Waals surface area contributed by atoms with Gasteiger partial charge in [-0.15, -0.1) is 0 Å². The number of rotatable bonds is 2. The zero-order chi connectivity index (χ0) is 12.3. The Morgan fingerprint density at radius 3 is 2.29 bits per heavy atom. The molecule has 0 aliphatic heterocycles. The lowest BCUT2D eigenvalue weighted by Gasteiger charge is -1.99. The molecule has 2 aromatic rings. The van der Waals surface area contributed by atoms with E-state index in [4.69, 9.17) is 0 Å². The maximum Gasteiger partial charge on any atom is 0.123 e. The van der Waals surface area contributed by atoms with Crippen molar-refractivity contribution in [2.24, 2.45) is 0 Å². The summed E-state index contributed by atoms with van der Waals surface area (Å²) >= 11 is 6.91. The Balaban J connectivity index is 2.25. The summed E-state index contributed by atoms with van der Waals surface area (Å²) in [6.07, 6.45) is 3.94. The summed E-state index contributed by atoms with van der Waals surface area (Å²) in [6, 6.07) is 12.4. The molecule has 0 fully saturated rings. The summed E-state index contributed by atoms with van der Waals surface area (Å²) in [4.78, 5) is 0. The molecule has 0 nitrogen and oxygen atoms in total. The maximum atomic E-state index is 12.7. The SMILES string of the molecule is Fc1ccc(/C=C/c2cc(Br)ccc2Br)cc1. The van der Waals surface area contributed by atoms with Crippen LogP contribution in [-0.4, -0.2) is 0 Å². The molecule has 17 heavy (non-hydrogen) atoms. The Labute approximate surface area is 116 Å². The molecule has 0 unspecified atom stereocenters. The average Bonchev–Trinajstić information content (AvgIpc) is 2.32. The molecule has 0 radical (unpaired) electrons. The number of benzene rings is 2. The van der Waals surface area contributed by atoms with Crippen LogP contribution in [0.2, 0.25) is 0 Å². The molecule has 2 rings (SSSR count). The van der Waals surface area contributed by atoms with Crippen molar-refractivity contribution < 1.29 is 4.39 Å². The Morgan fingerprint density at radius 2 is 1.59 bits per heavy atom. The van der Waals surface area contributed by atoms with Crippen LogP contribution < -0.4 is 0 Å². The summed E-state index contributed by atoms with van der Waals surface area (Å²) < 4.78 is 14.8. The highest BCUT2D eigenvalue weighted by molar-refractivity contribution is 9.11. The van der Waals surface area contributed by atoms with E-state index in [1.165, 1.54) is 12.1 Å². The van der Waals surface area contributed by atoms with Gasteiger partial charge in [-0.05, 0) is 41.5 Å². The molecule has 2 aromatic carbocycles. The van der Waals surface area contributed by atoms with Gasteiger partial charge in [0.15, 0.2) is 0 Å². The second kappa shape index (κ2) is 5.61. The molecule has 0 bridgehead atoms. The topological polar surface area (TPSA) is 0 Å². The van der Waals surface area contributed by atoms with E-state index in [0.29, 0.717) is 0 Å². The van der Waals surface area contributed by atoms with Crippen LogP contribution in [0.5, 0.6) is 0 Å². The van der Waals surface area contributed by atoms with Crippen molar-refractivity contribution in [3.63, 3.8) is 0 Å². The molecule has 0 spiro atoms. The van der Waals surface area contributed by atoms with E-state index in [9.17, 15) is 4.39 Å². The third-order valence-electron chi connectivity index (χ3n) is 2.28. The fraction of sp³-hybridized carbons (Fsp3) is 0. The Kier molecular flexibility index (Phi) is 4.13. The monoisotopic (exact) mass is 354 g/mol. The zero-order valence-electron chi connectivity index (χ0n) is 8.83. The van der Waals surface area contributed by atoms with Gasteiger partial charge in [-0.3, -0.25) is 0 Å². The number of hydrogen-bond donors (Lipinski definition) is 0. The maximum absolute atomic E-state index is 12.7. The minimum atomic E-state index is -0.217. The van der Waals surface area contributed by atoms with Crippen LogP contribution in [-0.2, 0) is 0 Å². The molecular formula is C14H9Br2F. The molecule has 0 saturated carbocycles. The molecule has 3 heteroatoms. The third-order valence-corrected chi connectivity index (χ3v) is 3.50.